The second-order valence-electron chi connectivity index (χ2n) is 10.0. The summed E-state index contributed by atoms with van der Waals surface area (Å²) >= 11 is 1.94. The maximum atomic E-state index is 11.1. The summed E-state index contributed by atoms with van der Waals surface area (Å²) in [4.78, 5) is 0. The van der Waals surface area contributed by atoms with Crippen LogP contribution in [0.15, 0.2) is 60.2 Å². The minimum atomic E-state index is 0.875. The molecule has 0 amide bonds. The van der Waals surface area contributed by atoms with E-state index >= 15 is 0 Å². The van der Waals surface area contributed by atoms with Gasteiger partial charge in [0.2, 0.25) is 11.4 Å². The van der Waals surface area contributed by atoms with Crippen molar-refractivity contribution in [3.05, 3.63) is 88.0 Å². The summed E-state index contributed by atoms with van der Waals surface area (Å²) in [5, 5.41) is 2.78. The Morgan fingerprint density at radius 1 is 0.703 bits per heavy atom. The van der Waals surface area contributed by atoms with Crippen LogP contribution in [0.5, 0.6) is 0 Å². The summed E-state index contributed by atoms with van der Waals surface area (Å²) in [5.74, 6) is 0. The van der Waals surface area contributed by atoms with Crippen molar-refractivity contribution in [1.82, 2.24) is 0 Å². The summed E-state index contributed by atoms with van der Waals surface area (Å²) in [6.07, 6.45) is 15.7. The third-order valence-electron chi connectivity index (χ3n) is 6.63. The van der Waals surface area contributed by atoms with Gasteiger partial charge in [-0.05, 0) is 62.4 Å². The fourth-order valence-corrected chi connectivity index (χ4v) is 5.70. The van der Waals surface area contributed by atoms with Crippen molar-refractivity contribution in [3.63, 3.8) is 0 Å². The molecule has 2 nitrogen and oxygen atoms in total. The Labute approximate surface area is 234 Å². The average Bonchev–Trinajstić information content (AvgIpc) is 3.24. The van der Waals surface area contributed by atoms with Gasteiger partial charge in [0.05, 0.1) is 0 Å². The van der Waals surface area contributed by atoms with Gasteiger partial charge < -0.3 is 5.53 Å². The van der Waals surface area contributed by atoms with Crippen LogP contribution in [0.25, 0.3) is 16.9 Å². The SMILES string of the molecule is CCCCCC1=C(c2cccc(CCCC)c2)[N+](=[N-])C(c2ccc(C)cc2)=C1.CCC[CH2][Ni][CH2]CCC. The molecule has 2 aromatic carbocycles. The minimum absolute atomic E-state index is 0.875. The molecule has 206 valence electrons. The summed E-state index contributed by atoms with van der Waals surface area (Å²) in [6.45, 7) is 11.0. The zero-order valence-electron chi connectivity index (χ0n) is 24.1. The fourth-order valence-electron chi connectivity index (χ4n) is 4.26. The molecule has 1 aliphatic heterocycles. The Bertz CT molecular complexity index is 995. The molecule has 0 bridgehead atoms. The van der Waals surface area contributed by atoms with Crippen molar-refractivity contribution >= 4 is 11.4 Å². The van der Waals surface area contributed by atoms with Gasteiger partial charge in [0, 0.05) is 22.8 Å². The monoisotopic (exact) mass is 544 g/mol. The van der Waals surface area contributed by atoms with Gasteiger partial charge in [-0.25, -0.2) is 4.70 Å². The van der Waals surface area contributed by atoms with Gasteiger partial charge in [0.15, 0.2) is 0 Å². The second-order valence-corrected chi connectivity index (χ2v) is 11.5. The van der Waals surface area contributed by atoms with Gasteiger partial charge in [0.1, 0.15) is 0 Å². The van der Waals surface area contributed by atoms with Gasteiger partial charge in [-0.3, -0.25) is 0 Å². The molecule has 1 heterocycles. The Morgan fingerprint density at radius 2 is 1.35 bits per heavy atom. The molecular formula is C34H50N2Ni. The summed E-state index contributed by atoms with van der Waals surface area (Å²) in [5.41, 5.74) is 18.9. The van der Waals surface area contributed by atoms with Gasteiger partial charge >= 0.3 is 64.8 Å². The molecule has 0 fully saturated rings. The van der Waals surface area contributed by atoms with Crippen LogP contribution in [-0.4, -0.2) is 4.70 Å². The van der Waals surface area contributed by atoms with E-state index in [0.29, 0.717) is 0 Å². The number of nitrogens with zero attached hydrogens (tertiary/aromatic N) is 2. The Morgan fingerprint density at radius 3 is 1.97 bits per heavy atom. The number of unbranched alkanes of at least 4 members (excludes halogenated alkanes) is 5. The fraction of sp³-hybridized carbons (Fsp3) is 0.529. The first-order valence-corrected chi connectivity index (χ1v) is 16.0. The van der Waals surface area contributed by atoms with Crippen LogP contribution in [0, 0.1) is 6.92 Å². The maximum absolute atomic E-state index is 11.1. The molecule has 0 spiro atoms. The summed E-state index contributed by atoms with van der Waals surface area (Å²) in [6, 6.07) is 17.1. The van der Waals surface area contributed by atoms with Crippen molar-refractivity contribution in [2.75, 3.05) is 0 Å². The number of aryl methyl sites for hydroxylation is 2. The Balaban J connectivity index is 0.000000458. The van der Waals surface area contributed by atoms with E-state index in [1.54, 1.807) is 0 Å². The van der Waals surface area contributed by atoms with E-state index < -0.39 is 0 Å². The first-order chi connectivity index (χ1) is 18.0. The van der Waals surface area contributed by atoms with Crippen molar-refractivity contribution in [3.8, 4) is 0 Å². The van der Waals surface area contributed by atoms with Crippen LogP contribution in [0.2, 0.25) is 10.8 Å². The molecule has 3 heteroatoms. The van der Waals surface area contributed by atoms with Gasteiger partial charge in [-0.15, -0.1) is 0 Å². The molecule has 1 aliphatic rings. The molecule has 0 saturated heterocycles. The summed E-state index contributed by atoms with van der Waals surface area (Å²) < 4.78 is 1.41. The molecule has 0 N–H and O–H groups in total. The number of benzene rings is 2. The van der Waals surface area contributed by atoms with E-state index in [4.69, 9.17) is 0 Å². The van der Waals surface area contributed by atoms with E-state index in [1.165, 1.54) is 83.5 Å². The molecule has 0 unspecified atom stereocenters. The van der Waals surface area contributed by atoms with Crippen molar-refractivity contribution in [1.29, 1.82) is 0 Å². The molecule has 0 aliphatic carbocycles. The standard InChI is InChI=1S/C26H32N2.2C4H9.Ni/c1-4-6-8-12-24-19-25(22-16-14-20(3)15-17-22)28(27)26(24)23-13-9-11-21(18-23)10-7-5-2;2*1-3-4-2;/h9,11,13-19H,4-8,10,12H2,1-3H3;2*1,3-4H2,2H3;. The van der Waals surface area contributed by atoms with Crippen molar-refractivity contribution in [2.24, 2.45) is 0 Å². The molecule has 0 saturated carbocycles. The van der Waals surface area contributed by atoms with Crippen molar-refractivity contribution < 1.29 is 19.1 Å². The van der Waals surface area contributed by atoms with E-state index in [9.17, 15) is 5.53 Å². The number of allylic oxidation sites excluding steroid dienone is 2. The number of hydrogen-bond acceptors (Lipinski definition) is 0. The van der Waals surface area contributed by atoms with E-state index in [-0.39, 0.29) is 0 Å². The third-order valence-corrected chi connectivity index (χ3v) is 8.02. The predicted molar refractivity (Wildman–Crippen MR) is 158 cm³/mol. The van der Waals surface area contributed by atoms with Gasteiger partial charge in [0.25, 0.3) is 0 Å². The topological polar surface area (TPSA) is 25.3 Å². The average molecular weight is 545 g/mol. The third kappa shape index (κ3) is 10.7. The molecular weight excluding hydrogens is 495 g/mol. The Kier molecular flexibility index (Phi) is 15.4. The predicted octanol–water partition coefficient (Wildman–Crippen LogP) is 11.2. The van der Waals surface area contributed by atoms with E-state index in [1.807, 2.05) is 14.4 Å². The first kappa shape index (κ1) is 31.2. The second kappa shape index (κ2) is 18.3. The van der Waals surface area contributed by atoms with E-state index in [0.717, 1.165) is 41.8 Å². The molecule has 0 atom stereocenters. The molecule has 3 rings (SSSR count). The van der Waals surface area contributed by atoms with Crippen LogP contribution in [0.1, 0.15) is 114 Å². The van der Waals surface area contributed by atoms with Crippen LogP contribution in [0.3, 0.4) is 0 Å². The molecule has 37 heavy (non-hydrogen) atoms. The zero-order valence-corrected chi connectivity index (χ0v) is 25.1. The Hall–Kier alpha value is -1.99. The normalized spacial score (nSPS) is 13.1. The van der Waals surface area contributed by atoms with Gasteiger partial charge in [-0.2, -0.15) is 0 Å². The molecule has 0 radical (unpaired) electrons. The van der Waals surface area contributed by atoms with Crippen LogP contribution in [0.4, 0.5) is 0 Å². The zero-order chi connectivity index (χ0) is 26.9. The van der Waals surface area contributed by atoms with Crippen LogP contribution >= 0.6 is 0 Å². The van der Waals surface area contributed by atoms with Crippen LogP contribution in [-0.2, 0) is 20.9 Å². The number of rotatable bonds is 15. The molecule has 0 aromatic heterocycles. The quantitative estimate of drug-likeness (QED) is 0.121. The number of hydrogen-bond donors (Lipinski definition) is 0. The summed E-state index contributed by atoms with van der Waals surface area (Å²) in [7, 11) is 0. The molecule has 2 aromatic rings. The van der Waals surface area contributed by atoms with E-state index in [2.05, 4.69) is 89.2 Å². The first-order valence-electron chi connectivity index (χ1n) is 14.6. The van der Waals surface area contributed by atoms with Gasteiger partial charge in [-0.1, -0.05) is 62.9 Å². The van der Waals surface area contributed by atoms with Crippen molar-refractivity contribution in [2.45, 2.75) is 116 Å². The van der Waals surface area contributed by atoms with Crippen LogP contribution < -0.4 is 0 Å².